The quantitative estimate of drug-likeness (QED) is 0.555. The van der Waals surface area contributed by atoms with Gasteiger partial charge in [-0.2, -0.15) is 0 Å². The first-order chi connectivity index (χ1) is 13.2. The summed E-state index contributed by atoms with van der Waals surface area (Å²) in [6.45, 7) is 4.96. The fraction of sp³-hybridized carbons (Fsp3) is 0.421. The van der Waals surface area contributed by atoms with E-state index in [0.29, 0.717) is 0 Å². The predicted molar refractivity (Wildman–Crippen MR) is 98.3 cm³/mol. The van der Waals surface area contributed by atoms with Crippen LogP contribution in [0.2, 0.25) is 0 Å². The number of fused-ring (bicyclic) bond motifs is 1. The normalized spacial score (nSPS) is 15.1. The summed E-state index contributed by atoms with van der Waals surface area (Å²) in [5, 5.41) is 4.21. The first kappa shape index (κ1) is 21.1. The molecule has 0 aromatic heterocycles. The van der Waals surface area contributed by atoms with Gasteiger partial charge in [0.2, 0.25) is 0 Å². The number of nitrogens with zero attached hydrogens (tertiary/aromatic N) is 1. The summed E-state index contributed by atoms with van der Waals surface area (Å²) in [6.07, 6.45) is -1.11. The Morgan fingerprint density at radius 1 is 1.04 bits per heavy atom. The number of benzene rings is 1. The van der Waals surface area contributed by atoms with Crippen LogP contribution in [0.25, 0.3) is 0 Å². The predicted octanol–water partition coefficient (Wildman–Crippen LogP) is 1.08. The molecule has 1 aliphatic heterocycles. The second kappa shape index (κ2) is 8.64. The number of amides is 5. The first-order valence-electron chi connectivity index (χ1n) is 8.87. The van der Waals surface area contributed by atoms with E-state index in [1.54, 1.807) is 12.1 Å². The van der Waals surface area contributed by atoms with Gasteiger partial charge in [0.1, 0.15) is 6.04 Å². The third-order valence-electron chi connectivity index (χ3n) is 4.23. The lowest BCUT2D eigenvalue weighted by Crippen LogP contribution is -2.49. The summed E-state index contributed by atoms with van der Waals surface area (Å²) in [6, 6.07) is 4.39. The van der Waals surface area contributed by atoms with E-state index in [-0.39, 0.29) is 23.5 Å². The average Bonchev–Trinajstić information content (AvgIpc) is 2.90. The molecule has 0 fully saturated rings. The number of hydrogen-bond acceptors (Lipinski definition) is 6. The SMILES string of the molecule is CNC(=O)NC(=O)[C@@H](C)OC(=O)[C@H](CC(C)C)N1C(=O)c2ccccc2C1=O. The van der Waals surface area contributed by atoms with Crippen molar-refractivity contribution >= 4 is 29.7 Å². The molecular formula is C19H23N3O6. The van der Waals surface area contributed by atoms with Gasteiger partial charge in [-0.25, -0.2) is 9.59 Å². The highest BCUT2D eigenvalue weighted by molar-refractivity contribution is 6.22. The molecule has 1 aliphatic rings. The molecule has 5 amide bonds. The molecule has 0 radical (unpaired) electrons. The summed E-state index contributed by atoms with van der Waals surface area (Å²) in [5.74, 6) is -2.89. The zero-order valence-corrected chi connectivity index (χ0v) is 16.1. The van der Waals surface area contributed by atoms with E-state index in [1.165, 1.54) is 26.1 Å². The van der Waals surface area contributed by atoms with Crippen molar-refractivity contribution in [1.29, 1.82) is 0 Å². The third-order valence-corrected chi connectivity index (χ3v) is 4.23. The van der Waals surface area contributed by atoms with Crippen LogP contribution in [-0.2, 0) is 14.3 Å². The molecular weight excluding hydrogens is 366 g/mol. The van der Waals surface area contributed by atoms with Crippen molar-refractivity contribution in [3.63, 3.8) is 0 Å². The van der Waals surface area contributed by atoms with Crippen LogP contribution in [0, 0.1) is 5.92 Å². The smallest absolute Gasteiger partial charge is 0.330 e. The lowest BCUT2D eigenvalue weighted by atomic mass is 10.0. The summed E-state index contributed by atoms with van der Waals surface area (Å²) in [5.41, 5.74) is 0.443. The van der Waals surface area contributed by atoms with Gasteiger partial charge < -0.3 is 10.1 Å². The summed E-state index contributed by atoms with van der Waals surface area (Å²) in [7, 11) is 1.33. The maximum absolute atomic E-state index is 12.7. The van der Waals surface area contributed by atoms with Gasteiger partial charge >= 0.3 is 12.0 Å². The van der Waals surface area contributed by atoms with Crippen LogP contribution in [0.5, 0.6) is 0 Å². The van der Waals surface area contributed by atoms with Crippen LogP contribution in [-0.4, -0.2) is 53.8 Å². The van der Waals surface area contributed by atoms with Crippen LogP contribution in [0.15, 0.2) is 24.3 Å². The van der Waals surface area contributed by atoms with Crippen LogP contribution < -0.4 is 10.6 Å². The Labute approximate surface area is 162 Å². The molecule has 9 nitrogen and oxygen atoms in total. The van der Waals surface area contributed by atoms with Gasteiger partial charge in [-0.3, -0.25) is 24.6 Å². The Kier molecular flexibility index (Phi) is 6.50. The number of ether oxygens (including phenoxy) is 1. The van der Waals surface area contributed by atoms with Crippen molar-refractivity contribution in [3.8, 4) is 0 Å². The summed E-state index contributed by atoms with van der Waals surface area (Å²) in [4.78, 5) is 62.2. The van der Waals surface area contributed by atoms with Gasteiger partial charge in [0, 0.05) is 7.05 Å². The molecule has 0 saturated heterocycles. The van der Waals surface area contributed by atoms with Gasteiger partial charge in [0.05, 0.1) is 11.1 Å². The van der Waals surface area contributed by atoms with Crippen molar-refractivity contribution in [2.75, 3.05) is 7.05 Å². The zero-order chi connectivity index (χ0) is 21.0. The first-order valence-corrected chi connectivity index (χ1v) is 8.87. The monoisotopic (exact) mass is 389 g/mol. The van der Waals surface area contributed by atoms with Gasteiger partial charge in [0.25, 0.3) is 17.7 Å². The Hall–Kier alpha value is -3.23. The van der Waals surface area contributed by atoms with Crippen molar-refractivity contribution in [2.45, 2.75) is 39.3 Å². The van der Waals surface area contributed by atoms with E-state index in [2.05, 4.69) is 5.32 Å². The van der Waals surface area contributed by atoms with E-state index in [9.17, 15) is 24.0 Å². The Balaban J connectivity index is 2.21. The van der Waals surface area contributed by atoms with Crippen LogP contribution in [0.3, 0.4) is 0 Å². The lowest BCUT2D eigenvalue weighted by Gasteiger charge is -2.27. The van der Waals surface area contributed by atoms with Crippen molar-refractivity contribution in [1.82, 2.24) is 15.5 Å². The number of carbonyl (C=O) groups is 5. The third kappa shape index (κ3) is 4.36. The summed E-state index contributed by atoms with van der Waals surface area (Å²) < 4.78 is 5.15. The minimum atomic E-state index is -1.28. The van der Waals surface area contributed by atoms with Crippen molar-refractivity contribution in [3.05, 3.63) is 35.4 Å². The Bertz CT molecular complexity index is 785. The van der Waals surface area contributed by atoms with Gasteiger partial charge in [-0.15, -0.1) is 0 Å². The van der Waals surface area contributed by atoms with Crippen LogP contribution in [0.1, 0.15) is 47.9 Å². The molecule has 0 unspecified atom stereocenters. The molecule has 2 N–H and O–H groups in total. The molecule has 1 heterocycles. The maximum atomic E-state index is 12.7. The second-order valence-electron chi connectivity index (χ2n) is 6.82. The largest absolute Gasteiger partial charge is 0.451 e. The maximum Gasteiger partial charge on any atom is 0.330 e. The van der Waals surface area contributed by atoms with E-state index in [4.69, 9.17) is 4.74 Å². The minimum absolute atomic E-state index is 0.0307. The number of esters is 1. The van der Waals surface area contributed by atoms with Crippen LogP contribution in [0.4, 0.5) is 4.79 Å². The van der Waals surface area contributed by atoms with E-state index in [1.807, 2.05) is 19.2 Å². The Morgan fingerprint density at radius 3 is 2.04 bits per heavy atom. The number of imide groups is 2. The molecule has 1 aromatic carbocycles. The highest BCUT2D eigenvalue weighted by atomic mass is 16.5. The molecule has 150 valence electrons. The molecule has 0 bridgehead atoms. The van der Waals surface area contributed by atoms with Crippen molar-refractivity contribution in [2.24, 2.45) is 5.92 Å². The van der Waals surface area contributed by atoms with Crippen LogP contribution >= 0.6 is 0 Å². The molecule has 9 heteroatoms. The molecule has 1 aromatic rings. The molecule has 2 atom stereocenters. The van der Waals surface area contributed by atoms with E-state index in [0.717, 1.165) is 4.90 Å². The Morgan fingerprint density at radius 2 is 1.57 bits per heavy atom. The molecule has 28 heavy (non-hydrogen) atoms. The fourth-order valence-corrected chi connectivity index (χ4v) is 2.83. The van der Waals surface area contributed by atoms with Gasteiger partial charge in [-0.05, 0) is 31.4 Å². The number of urea groups is 1. The van der Waals surface area contributed by atoms with E-state index < -0.39 is 41.9 Å². The molecule has 0 spiro atoms. The number of carbonyl (C=O) groups excluding carboxylic acids is 5. The average molecular weight is 389 g/mol. The number of rotatable bonds is 6. The second-order valence-corrected chi connectivity index (χ2v) is 6.82. The number of nitrogens with one attached hydrogen (secondary N) is 2. The molecule has 0 aliphatic carbocycles. The minimum Gasteiger partial charge on any atom is -0.451 e. The topological polar surface area (TPSA) is 122 Å². The van der Waals surface area contributed by atoms with Gasteiger partial charge in [-0.1, -0.05) is 26.0 Å². The summed E-state index contributed by atoms with van der Waals surface area (Å²) >= 11 is 0. The van der Waals surface area contributed by atoms with E-state index >= 15 is 0 Å². The highest BCUT2D eigenvalue weighted by Crippen LogP contribution is 2.27. The van der Waals surface area contributed by atoms with Gasteiger partial charge in [0.15, 0.2) is 6.10 Å². The number of hydrogen-bond donors (Lipinski definition) is 2. The standard InChI is InChI=1S/C19H23N3O6/c1-10(2)9-14(18(26)28-11(3)15(23)21-19(27)20-4)22-16(24)12-7-5-6-8-13(12)17(22)25/h5-8,10-11,14H,9H2,1-4H3,(H2,20,21,23,27)/t11-,14+/m1/s1. The molecule has 2 rings (SSSR count). The highest BCUT2D eigenvalue weighted by Gasteiger charge is 2.44. The lowest BCUT2D eigenvalue weighted by molar-refractivity contribution is -0.158. The molecule has 0 saturated carbocycles. The zero-order valence-electron chi connectivity index (χ0n) is 16.1. The fourth-order valence-electron chi connectivity index (χ4n) is 2.83. The van der Waals surface area contributed by atoms with Crippen molar-refractivity contribution < 1.29 is 28.7 Å².